The van der Waals surface area contributed by atoms with Crippen LogP contribution in [0.25, 0.3) is 10.6 Å². The van der Waals surface area contributed by atoms with Crippen LogP contribution in [0.2, 0.25) is 0 Å². The third-order valence-corrected chi connectivity index (χ3v) is 2.14. The summed E-state index contributed by atoms with van der Waals surface area (Å²) in [5.41, 5.74) is 6.21. The molecule has 0 amide bonds. The minimum Gasteiger partial charge on any atom is -0.382 e. The van der Waals surface area contributed by atoms with Gasteiger partial charge in [0.2, 0.25) is 0 Å². The zero-order chi connectivity index (χ0) is 8.39. The van der Waals surface area contributed by atoms with Crippen LogP contribution in [0.3, 0.4) is 0 Å². The molecule has 0 radical (unpaired) electrons. The molecule has 12 heavy (non-hydrogen) atoms. The van der Waals surface area contributed by atoms with Gasteiger partial charge in [0.1, 0.15) is 11.5 Å². The van der Waals surface area contributed by atoms with Gasteiger partial charge in [-0.1, -0.05) is 0 Å². The van der Waals surface area contributed by atoms with E-state index in [4.69, 9.17) is 5.73 Å². The van der Waals surface area contributed by atoms with Crippen molar-refractivity contribution in [3.8, 4) is 10.6 Å². The maximum Gasteiger partial charge on any atom is 0.146 e. The zero-order valence-corrected chi connectivity index (χ0v) is 6.95. The molecule has 4 nitrogen and oxygen atoms in total. The van der Waals surface area contributed by atoms with Crippen LogP contribution in [0.5, 0.6) is 0 Å². The van der Waals surface area contributed by atoms with Crippen molar-refractivity contribution < 1.29 is 0 Å². The number of rotatable bonds is 1. The van der Waals surface area contributed by atoms with Gasteiger partial charge in [-0.2, -0.15) is 0 Å². The van der Waals surface area contributed by atoms with Crippen molar-refractivity contribution in [3.05, 3.63) is 24.4 Å². The molecule has 5 heteroatoms. The third kappa shape index (κ3) is 1.26. The van der Waals surface area contributed by atoms with Crippen LogP contribution in [0.15, 0.2) is 24.4 Å². The second-order valence-corrected chi connectivity index (χ2v) is 3.05. The van der Waals surface area contributed by atoms with E-state index in [1.54, 1.807) is 12.3 Å². The number of nitrogen functional groups attached to an aromatic ring is 1. The Morgan fingerprint density at radius 2 is 2.08 bits per heavy atom. The number of hydrogen-bond acceptors (Lipinski definition) is 5. The fourth-order valence-corrected chi connectivity index (χ4v) is 1.38. The summed E-state index contributed by atoms with van der Waals surface area (Å²) in [5.74, 6) is 0.434. The second kappa shape index (κ2) is 2.86. The lowest BCUT2D eigenvalue weighted by atomic mass is 10.3. The van der Waals surface area contributed by atoms with Crippen molar-refractivity contribution >= 4 is 17.4 Å². The number of nitrogens with zero attached hydrogens (tertiary/aromatic N) is 3. The molecule has 2 aromatic rings. The Bertz CT molecular complexity index is 353. The summed E-state index contributed by atoms with van der Waals surface area (Å²) in [6, 6.07) is 5.45. The third-order valence-electron chi connectivity index (χ3n) is 1.38. The summed E-state index contributed by atoms with van der Waals surface area (Å²) in [6.45, 7) is 0. The van der Waals surface area contributed by atoms with Crippen molar-refractivity contribution in [3.63, 3.8) is 0 Å². The Hall–Kier alpha value is -1.49. The van der Waals surface area contributed by atoms with E-state index in [1.165, 1.54) is 11.5 Å². The first-order chi connectivity index (χ1) is 5.86. The van der Waals surface area contributed by atoms with Crippen LogP contribution in [0, 0.1) is 0 Å². The van der Waals surface area contributed by atoms with Crippen molar-refractivity contribution in [2.45, 2.75) is 0 Å². The van der Waals surface area contributed by atoms with Gasteiger partial charge in [-0.25, -0.2) is 4.37 Å². The highest BCUT2D eigenvalue weighted by atomic mass is 32.1. The van der Waals surface area contributed by atoms with Gasteiger partial charge in [0.25, 0.3) is 0 Å². The molecule has 2 rings (SSSR count). The van der Waals surface area contributed by atoms with E-state index >= 15 is 0 Å². The Morgan fingerprint density at radius 1 is 1.17 bits per heavy atom. The van der Waals surface area contributed by atoms with E-state index in [0.29, 0.717) is 5.82 Å². The molecule has 0 saturated carbocycles. The molecule has 2 N–H and O–H groups in total. The molecule has 0 saturated heterocycles. The van der Waals surface area contributed by atoms with Crippen molar-refractivity contribution in [2.75, 3.05) is 5.73 Å². The van der Waals surface area contributed by atoms with E-state index in [2.05, 4.69) is 14.6 Å². The first kappa shape index (κ1) is 7.17. The number of anilines is 1. The molecule has 0 unspecified atom stereocenters. The van der Waals surface area contributed by atoms with E-state index in [1.807, 2.05) is 12.1 Å². The standard InChI is InChI=1S/C7H6N4S/c8-7-2-1-5(10-11-7)6-3-4-9-12-6/h1-4H,(H2,8,11). The first-order valence-electron chi connectivity index (χ1n) is 3.36. The Morgan fingerprint density at radius 3 is 2.67 bits per heavy atom. The minimum absolute atomic E-state index is 0.434. The topological polar surface area (TPSA) is 64.7 Å². The molecular weight excluding hydrogens is 172 g/mol. The number of aromatic nitrogens is 3. The molecule has 0 aliphatic heterocycles. The maximum absolute atomic E-state index is 5.39. The molecular formula is C7H6N4S. The largest absolute Gasteiger partial charge is 0.382 e. The lowest BCUT2D eigenvalue weighted by molar-refractivity contribution is 1.05. The summed E-state index contributed by atoms with van der Waals surface area (Å²) in [4.78, 5) is 1.00. The van der Waals surface area contributed by atoms with Gasteiger partial charge in [-0.05, 0) is 29.7 Å². The molecule has 2 aromatic heterocycles. The van der Waals surface area contributed by atoms with Gasteiger partial charge in [0.05, 0.1) is 4.88 Å². The molecule has 0 bridgehead atoms. The van der Waals surface area contributed by atoms with Crippen molar-refractivity contribution in [1.29, 1.82) is 0 Å². The first-order valence-corrected chi connectivity index (χ1v) is 4.14. The van der Waals surface area contributed by atoms with Crippen LogP contribution < -0.4 is 5.73 Å². The summed E-state index contributed by atoms with van der Waals surface area (Å²) in [6.07, 6.45) is 1.73. The highest BCUT2D eigenvalue weighted by molar-refractivity contribution is 7.09. The fourth-order valence-electron chi connectivity index (χ4n) is 0.822. The average molecular weight is 178 g/mol. The van der Waals surface area contributed by atoms with Crippen LogP contribution >= 0.6 is 11.5 Å². The fraction of sp³-hybridized carbons (Fsp3) is 0. The monoisotopic (exact) mass is 178 g/mol. The van der Waals surface area contributed by atoms with Gasteiger partial charge >= 0.3 is 0 Å². The van der Waals surface area contributed by atoms with Crippen LogP contribution in [0.1, 0.15) is 0 Å². The Labute approximate surface area is 73.2 Å². The predicted molar refractivity (Wildman–Crippen MR) is 47.6 cm³/mol. The van der Waals surface area contributed by atoms with Crippen LogP contribution in [0.4, 0.5) is 5.82 Å². The average Bonchev–Trinajstić information content (AvgIpc) is 2.58. The zero-order valence-electron chi connectivity index (χ0n) is 6.14. The highest BCUT2D eigenvalue weighted by Gasteiger charge is 2.00. The maximum atomic E-state index is 5.39. The van der Waals surface area contributed by atoms with Crippen molar-refractivity contribution in [1.82, 2.24) is 14.6 Å². The van der Waals surface area contributed by atoms with Gasteiger partial charge in [0.15, 0.2) is 0 Å². The summed E-state index contributed by atoms with van der Waals surface area (Å²) < 4.78 is 3.96. The minimum atomic E-state index is 0.434. The Kier molecular flexibility index (Phi) is 1.71. The smallest absolute Gasteiger partial charge is 0.146 e. The van der Waals surface area contributed by atoms with E-state index in [-0.39, 0.29) is 0 Å². The molecule has 0 spiro atoms. The molecule has 0 aliphatic carbocycles. The molecule has 0 aliphatic rings. The quantitative estimate of drug-likeness (QED) is 0.712. The van der Waals surface area contributed by atoms with Gasteiger partial charge in [-0.3, -0.25) is 0 Å². The van der Waals surface area contributed by atoms with Gasteiger partial charge in [0, 0.05) is 6.20 Å². The number of nitrogens with two attached hydrogens (primary N) is 1. The SMILES string of the molecule is Nc1ccc(-c2ccns2)nn1. The van der Waals surface area contributed by atoms with Gasteiger partial charge < -0.3 is 5.73 Å². The normalized spacial score (nSPS) is 10.0. The van der Waals surface area contributed by atoms with E-state index in [0.717, 1.165) is 10.6 Å². The van der Waals surface area contributed by atoms with Crippen LogP contribution in [-0.4, -0.2) is 14.6 Å². The summed E-state index contributed by atoms with van der Waals surface area (Å²) >= 11 is 1.39. The second-order valence-electron chi connectivity index (χ2n) is 2.22. The van der Waals surface area contributed by atoms with Crippen molar-refractivity contribution in [2.24, 2.45) is 0 Å². The van der Waals surface area contributed by atoms with Crippen LogP contribution in [-0.2, 0) is 0 Å². The highest BCUT2D eigenvalue weighted by Crippen LogP contribution is 2.19. The number of hydrogen-bond donors (Lipinski definition) is 1. The molecule has 2 heterocycles. The van der Waals surface area contributed by atoms with Gasteiger partial charge in [-0.15, -0.1) is 10.2 Å². The molecule has 0 fully saturated rings. The molecule has 0 aromatic carbocycles. The van der Waals surface area contributed by atoms with E-state index < -0.39 is 0 Å². The molecule has 60 valence electrons. The summed E-state index contributed by atoms with van der Waals surface area (Å²) in [7, 11) is 0. The lowest BCUT2D eigenvalue weighted by Gasteiger charge is -1.93. The van der Waals surface area contributed by atoms with E-state index in [9.17, 15) is 0 Å². The lowest BCUT2D eigenvalue weighted by Crippen LogP contribution is -1.92. The Balaban J connectivity index is 2.43. The predicted octanol–water partition coefficient (Wildman–Crippen LogP) is 1.18. The summed E-state index contributed by atoms with van der Waals surface area (Å²) in [5, 5.41) is 7.66. The molecule has 0 atom stereocenters.